The molecule has 0 rings (SSSR count). The molecule has 0 aromatic rings. The maximum atomic E-state index is 12.7. The molecule has 0 aliphatic carbocycles. The summed E-state index contributed by atoms with van der Waals surface area (Å²) in [4.78, 5) is 22.4. The van der Waals surface area contributed by atoms with Crippen molar-refractivity contribution in [1.29, 1.82) is 0 Å². The van der Waals surface area contributed by atoms with Gasteiger partial charge < -0.3 is 9.84 Å². The number of hydrogen-bond donors (Lipinski definition) is 1. The molecule has 0 spiro atoms. The van der Waals surface area contributed by atoms with E-state index < -0.39 is 5.97 Å². The second kappa shape index (κ2) is 46.2. The average Bonchev–Trinajstić information content (AvgIpc) is 3.13. The largest absolute Gasteiger partial charge is 0.481 e. The van der Waals surface area contributed by atoms with Gasteiger partial charge in [-0.25, -0.2) is 0 Å². The van der Waals surface area contributed by atoms with Gasteiger partial charge in [-0.3, -0.25) is 9.59 Å². The van der Waals surface area contributed by atoms with Crippen LogP contribution in [-0.2, 0) is 14.3 Å². The summed E-state index contributed by atoms with van der Waals surface area (Å²) in [5.74, 6) is 0.558. The van der Waals surface area contributed by atoms with Gasteiger partial charge in [-0.05, 0) is 63.5 Å². The summed E-state index contributed by atoms with van der Waals surface area (Å²) < 4.78 is 6.26. The summed E-state index contributed by atoms with van der Waals surface area (Å²) in [6.07, 6.45) is 51.5. The number of aliphatic carboxylic acids is 1. The van der Waals surface area contributed by atoms with Crippen molar-refractivity contribution in [1.82, 2.24) is 0 Å². The van der Waals surface area contributed by atoms with E-state index in [1.807, 2.05) is 6.26 Å². The number of carboxylic acids is 1. The third kappa shape index (κ3) is 43.4. The molecule has 0 aromatic carbocycles. The number of esters is 1. The van der Waals surface area contributed by atoms with Crippen LogP contribution in [0.4, 0.5) is 0 Å². The minimum absolute atomic E-state index is 0.0382. The monoisotopic (exact) mass is 753 g/mol. The maximum absolute atomic E-state index is 12.7. The molecule has 0 saturated carbocycles. The lowest BCUT2D eigenvalue weighted by Gasteiger charge is -2.27. The molecule has 5 heteroatoms. The van der Waals surface area contributed by atoms with Gasteiger partial charge in [0.15, 0.2) is 0 Å². The van der Waals surface area contributed by atoms with Gasteiger partial charge in [0.25, 0.3) is 0 Å². The number of carboxylic acid groups (broad SMARTS) is 1. The Kier molecular flexibility index (Phi) is 47.2. The normalized spacial score (nSPS) is 12.5. The summed E-state index contributed by atoms with van der Waals surface area (Å²) in [5, 5.41) is 8.03. The third-order valence-electron chi connectivity index (χ3n) is 10.4. The highest BCUT2D eigenvalue weighted by Crippen LogP contribution is 2.28. The molecular formula is C47H92O4S. The third-order valence-corrected chi connectivity index (χ3v) is 11.0. The Morgan fingerprint density at radius 1 is 0.500 bits per heavy atom. The van der Waals surface area contributed by atoms with E-state index in [4.69, 9.17) is 9.84 Å². The van der Waals surface area contributed by atoms with Gasteiger partial charge in [-0.2, -0.15) is 11.8 Å². The standard InChI is InChI=1S/C43H84O2.C4H8O2S/c1-5-9-12-15-18-20-22-24-26-29-32-35-39-41(38-34-31-28-17-14-11-7-3)42(45-43(44)37-8-4)40-36-33-30-27-25-23-21-19-16-13-10-6-2;1-7-3-2-4(5)6/h28,31,41-42H,5-27,29-30,32-40H2,1-4H3;2-3H2,1H3,(H,5,6)/b31-28-;. The van der Waals surface area contributed by atoms with Gasteiger partial charge in [0, 0.05) is 12.2 Å². The van der Waals surface area contributed by atoms with Gasteiger partial charge in [0.05, 0.1) is 6.42 Å². The molecular weight excluding hydrogens is 661 g/mol. The first-order chi connectivity index (χ1) is 25.5. The number of hydrogen-bond acceptors (Lipinski definition) is 4. The first-order valence-electron chi connectivity index (χ1n) is 23.0. The molecule has 0 aliphatic heterocycles. The van der Waals surface area contributed by atoms with E-state index in [0.29, 0.717) is 12.3 Å². The molecule has 0 aromatic heterocycles. The predicted octanol–water partition coefficient (Wildman–Crippen LogP) is 16.2. The van der Waals surface area contributed by atoms with Crippen LogP contribution in [0.3, 0.4) is 0 Å². The number of rotatable bonds is 40. The average molecular weight is 753 g/mol. The molecule has 1 N–H and O–H groups in total. The first kappa shape index (κ1) is 53.1. The Bertz CT molecular complexity index is 739. The van der Waals surface area contributed by atoms with Crippen LogP contribution in [0.1, 0.15) is 252 Å². The number of allylic oxidation sites excluding steroid dienone is 2. The number of unbranched alkanes of at least 4 members (excludes halogenated alkanes) is 25. The van der Waals surface area contributed by atoms with Crippen LogP contribution >= 0.6 is 11.8 Å². The second-order valence-corrected chi connectivity index (χ2v) is 16.6. The van der Waals surface area contributed by atoms with E-state index in [-0.39, 0.29) is 18.5 Å². The summed E-state index contributed by atoms with van der Waals surface area (Å²) >= 11 is 1.55. The van der Waals surface area contributed by atoms with Crippen molar-refractivity contribution in [3.63, 3.8) is 0 Å². The number of carbonyl (C=O) groups excluding carboxylic acids is 1. The molecule has 0 heterocycles. The lowest BCUT2D eigenvalue weighted by Crippen LogP contribution is -2.27. The highest BCUT2D eigenvalue weighted by atomic mass is 32.2. The minimum Gasteiger partial charge on any atom is -0.481 e. The zero-order valence-corrected chi connectivity index (χ0v) is 36.7. The van der Waals surface area contributed by atoms with E-state index in [2.05, 4.69) is 39.8 Å². The fourth-order valence-corrected chi connectivity index (χ4v) is 7.40. The van der Waals surface area contributed by atoms with Gasteiger partial charge >= 0.3 is 11.9 Å². The predicted molar refractivity (Wildman–Crippen MR) is 233 cm³/mol. The zero-order valence-electron chi connectivity index (χ0n) is 35.8. The maximum Gasteiger partial charge on any atom is 0.306 e. The summed E-state index contributed by atoms with van der Waals surface area (Å²) in [7, 11) is 0. The Hall–Kier alpha value is -0.970. The van der Waals surface area contributed by atoms with Gasteiger partial charge in [0.2, 0.25) is 0 Å². The van der Waals surface area contributed by atoms with Crippen LogP contribution in [0.25, 0.3) is 0 Å². The summed E-state index contributed by atoms with van der Waals surface area (Å²) in [6, 6.07) is 0. The van der Waals surface area contributed by atoms with E-state index >= 15 is 0 Å². The van der Waals surface area contributed by atoms with E-state index in [1.54, 1.807) is 11.8 Å². The van der Waals surface area contributed by atoms with Crippen molar-refractivity contribution >= 4 is 23.7 Å². The van der Waals surface area contributed by atoms with Crippen LogP contribution in [0.2, 0.25) is 0 Å². The number of thioether (sulfide) groups is 1. The van der Waals surface area contributed by atoms with Crippen LogP contribution in [0.5, 0.6) is 0 Å². The van der Waals surface area contributed by atoms with E-state index in [9.17, 15) is 9.59 Å². The molecule has 310 valence electrons. The molecule has 2 atom stereocenters. The van der Waals surface area contributed by atoms with Crippen molar-refractivity contribution < 1.29 is 19.4 Å². The van der Waals surface area contributed by atoms with E-state index in [0.717, 1.165) is 25.0 Å². The summed E-state index contributed by atoms with van der Waals surface area (Å²) in [6.45, 7) is 8.97. The van der Waals surface area contributed by atoms with Crippen LogP contribution in [0.15, 0.2) is 12.2 Å². The van der Waals surface area contributed by atoms with Gasteiger partial charge in [-0.1, -0.05) is 200 Å². The molecule has 2 unspecified atom stereocenters. The molecule has 0 saturated heterocycles. The van der Waals surface area contributed by atoms with E-state index in [1.165, 1.54) is 193 Å². The Labute approximate surface area is 330 Å². The molecule has 0 bridgehead atoms. The van der Waals surface area contributed by atoms with Crippen LogP contribution in [0, 0.1) is 5.92 Å². The van der Waals surface area contributed by atoms with Crippen molar-refractivity contribution in [2.45, 2.75) is 259 Å². The lowest BCUT2D eigenvalue weighted by molar-refractivity contribution is -0.152. The second-order valence-electron chi connectivity index (χ2n) is 15.6. The Balaban J connectivity index is 0. The minimum atomic E-state index is -0.714. The lowest BCUT2D eigenvalue weighted by atomic mass is 9.87. The number of ether oxygens (including phenoxy) is 1. The van der Waals surface area contributed by atoms with Gasteiger partial charge in [-0.15, -0.1) is 0 Å². The zero-order chi connectivity index (χ0) is 38.6. The first-order valence-corrected chi connectivity index (χ1v) is 24.4. The molecule has 0 fully saturated rings. The molecule has 0 amide bonds. The molecule has 4 nitrogen and oxygen atoms in total. The topological polar surface area (TPSA) is 63.6 Å². The molecule has 0 aliphatic rings. The summed E-state index contributed by atoms with van der Waals surface area (Å²) in [5.41, 5.74) is 0. The van der Waals surface area contributed by atoms with Crippen LogP contribution < -0.4 is 0 Å². The fourth-order valence-electron chi connectivity index (χ4n) is 7.02. The highest BCUT2D eigenvalue weighted by molar-refractivity contribution is 7.98. The SMILES string of the molecule is CCCCC/C=C\CCC(CCCCCCCCCCCCCC)C(CCCCCCCCCCCCCC)OC(=O)CCC.CSCCC(=O)O. The van der Waals surface area contributed by atoms with Crippen molar-refractivity contribution in [3.05, 3.63) is 12.2 Å². The molecule has 0 radical (unpaired) electrons. The van der Waals surface area contributed by atoms with Crippen molar-refractivity contribution in [2.24, 2.45) is 5.92 Å². The smallest absolute Gasteiger partial charge is 0.306 e. The van der Waals surface area contributed by atoms with Crippen molar-refractivity contribution in [2.75, 3.05) is 12.0 Å². The Morgan fingerprint density at radius 2 is 0.904 bits per heavy atom. The van der Waals surface area contributed by atoms with Crippen molar-refractivity contribution in [3.8, 4) is 0 Å². The molecule has 52 heavy (non-hydrogen) atoms. The Morgan fingerprint density at radius 3 is 1.31 bits per heavy atom. The highest BCUT2D eigenvalue weighted by Gasteiger charge is 2.24. The fraction of sp³-hybridized carbons (Fsp3) is 0.915. The quantitative estimate of drug-likeness (QED) is 0.0384. The van der Waals surface area contributed by atoms with Gasteiger partial charge in [0.1, 0.15) is 6.10 Å². The number of carbonyl (C=O) groups is 2. The van der Waals surface area contributed by atoms with Crippen LogP contribution in [-0.4, -0.2) is 35.2 Å².